The van der Waals surface area contributed by atoms with Gasteiger partial charge in [0, 0.05) is 6.54 Å². The summed E-state index contributed by atoms with van der Waals surface area (Å²) in [6.45, 7) is 6.98. The first-order chi connectivity index (χ1) is 17.5. The minimum Gasteiger partial charge on any atom is -0.449 e. The molecule has 37 heavy (non-hydrogen) atoms. The summed E-state index contributed by atoms with van der Waals surface area (Å²) in [6, 6.07) is 16.8. The van der Waals surface area contributed by atoms with Gasteiger partial charge in [-0.3, -0.25) is 4.79 Å². The Hall–Kier alpha value is -3.88. The van der Waals surface area contributed by atoms with E-state index < -0.39 is 41.7 Å². The molecule has 0 fully saturated rings. The normalized spacial score (nSPS) is 12.5. The van der Waals surface area contributed by atoms with Crippen LogP contribution in [0.1, 0.15) is 62.9 Å². The summed E-state index contributed by atoms with van der Waals surface area (Å²) in [5.41, 5.74) is 0.433. The first-order valence-electron chi connectivity index (χ1n) is 12.3. The van der Waals surface area contributed by atoms with Crippen molar-refractivity contribution in [2.45, 2.75) is 71.3 Å². The van der Waals surface area contributed by atoms with Gasteiger partial charge in [0.2, 0.25) is 0 Å². The van der Waals surface area contributed by atoms with Crippen LogP contribution in [0.3, 0.4) is 0 Å². The molecular formula is C28H36N2O7. The van der Waals surface area contributed by atoms with Crippen molar-refractivity contribution in [2.24, 2.45) is 0 Å². The smallest absolute Gasteiger partial charge is 0.408 e. The number of rotatable bonds is 12. The summed E-state index contributed by atoms with van der Waals surface area (Å²) in [4.78, 5) is 49.5. The van der Waals surface area contributed by atoms with E-state index in [-0.39, 0.29) is 6.61 Å². The van der Waals surface area contributed by atoms with E-state index in [4.69, 9.17) is 14.2 Å². The van der Waals surface area contributed by atoms with E-state index in [2.05, 4.69) is 10.6 Å². The fraction of sp³-hybridized carbons (Fsp3) is 0.429. The first-order valence-corrected chi connectivity index (χ1v) is 12.3. The van der Waals surface area contributed by atoms with Crippen molar-refractivity contribution in [1.29, 1.82) is 0 Å². The molecule has 0 saturated heterocycles. The van der Waals surface area contributed by atoms with E-state index in [0.29, 0.717) is 31.4 Å². The number of benzene rings is 2. The number of ether oxygens (including phenoxy) is 3. The molecule has 2 rings (SSSR count). The van der Waals surface area contributed by atoms with Crippen molar-refractivity contribution in [3.63, 3.8) is 0 Å². The number of hydrogen-bond acceptors (Lipinski definition) is 7. The number of carbonyl (C=O) groups is 4. The topological polar surface area (TPSA) is 120 Å². The molecule has 2 N–H and O–H groups in total. The van der Waals surface area contributed by atoms with E-state index in [1.54, 1.807) is 51.1 Å². The third kappa shape index (κ3) is 11.6. The zero-order valence-corrected chi connectivity index (χ0v) is 21.8. The largest absolute Gasteiger partial charge is 0.449 e. The Balaban J connectivity index is 1.93. The summed E-state index contributed by atoms with van der Waals surface area (Å²) >= 11 is 0. The average molecular weight is 513 g/mol. The summed E-state index contributed by atoms with van der Waals surface area (Å²) in [5.74, 6) is -1.08. The van der Waals surface area contributed by atoms with Gasteiger partial charge in [-0.25, -0.2) is 14.4 Å². The summed E-state index contributed by atoms with van der Waals surface area (Å²) in [5, 5.41) is 5.36. The second-order valence-corrected chi connectivity index (χ2v) is 9.54. The number of nitrogens with one attached hydrogen (secondary N) is 2. The van der Waals surface area contributed by atoms with Gasteiger partial charge in [-0.2, -0.15) is 0 Å². The summed E-state index contributed by atoms with van der Waals surface area (Å²) < 4.78 is 16.0. The SMILES string of the molecule is CC(=O)C(OC(=O)c1ccccc1)[C@H](CCCCNC(=O)OCc1ccccc1)NC(=O)OC(C)(C)C. The number of Topliss-reactive ketones (excluding diaryl/α,β-unsaturated/α-hetero) is 1. The molecule has 0 radical (unpaired) electrons. The molecule has 0 bridgehead atoms. The molecule has 9 heteroatoms. The lowest BCUT2D eigenvalue weighted by molar-refractivity contribution is -0.127. The Morgan fingerprint density at radius 1 is 0.865 bits per heavy atom. The molecule has 2 atom stereocenters. The first kappa shape index (κ1) is 29.4. The standard InChI is InChI=1S/C28H36N2O7/c1-20(31)24(36-25(32)22-15-9-6-10-16-22)23(30-27(34)37-28(2,3)4)17-11-12-18-29-26(33)35-19-21-13-7-5-8-14-21/h5-10,13-16,23-24H,11-12,17-19H2,1-4H3,(H,29,33)(H,30,34)/t23-,24?/m0/s1. The van der Waals surface area contributed by atoms with E-state index in [1.165, 1.54) is 6.92 Å². The molecular weight excluding hydrogens is 476 g/mol. The molecule has 1 unspecified atom stereocenters. The van der Waals surface area contributed by atoms with E-state index >= 15 is 0 Å². The number of esters is 1. The highest BCUT2D eigenvalue weighted by molar-refractivity contribution is 5.92. The lowest BCUT2D eigenvalue weighted by Crippen LogP contribution is -2.49. The highest BCUT2D eigenvalue weighted by Crippen LogP contribution is 2.15. The third-order valence-corrected chi connectivity index (χ3v) is 5.14. The van der Waals surface area contributed by atoms with Gasteiger partial charge >= 0.3 is 18.2 Å². The molecule has 9 nitrogen and oxygen atoms in total. The second-order valence-electron chi connectivity index (χ2n) is 9.54. The number of carbonyl (C=O) groups excluding carboxylic acids is 4. The van der Waals surface area contributed by atoms with Crippen LogP contribution in [-0.2, 0) is 25.6 Å². The van der Waals surface area contributed by atoms with Crippen LogP contribution in [0.25, 0.3) is 0 Å². The minimum absolute atomic E-state index is 0.168. The minimum atomic E-state index is -1.20. The van der Waals surface area contributed by atoms with Crippen molar-refractivity contribution >= 4 is 23.9 Å². The molecule has 0 aliphatic carbocycles. The number of alkyl carbamates (subject to hydrolysis) is 2. The number of unbranched alkanes of at least 4 members (excludes halogenated alkanes) is 1. The molecule has 2 aromatic carbocycles. The van der Waals surface area contributed by atoms with Gasteiger partial charge in [-0.15, -0.1) is 0 Å². The maximum atomic E-state index is 12.6. The van der Waals surface area contributed by atoms with Crippen LogP contribution in [0.5, 0.6) is 0 Å². The van der Waals surface area contributed by atoms with Gasteiger partial charge in [0.1, 0.15) is 12.2 Å². The van der Waals surface area contributed by atoms with Crippen molar-refractivity contribution in [1.82, 2.24) is 10.6 Å². The third-order valence-electron chi connectivity index (χ3n) is 5.14. The van der Waals surface area contributed by atoms with Gasteiger partial charge in [-0.05, 0) is 64.7 Å². The highest BCUT2D eigenvalue weighted by Gasteiger charge is 2.32. The molecule has 0 aliphatic heterocycles. The van der Waals surface area contributed by atoms with Crippen LogP contribution >= 0.6 is 0 Å². The van der Waals surface area contributed by atoms with E-state index in [0.717, 1.165) is 5.56 Å². The Kier molecular flexibility index (Phi) is 11.6. The lowest BCUT2D eigenvalue weighted by Gasteiger charge is -2.28. The summed E-state index contributed by atoms with van der Waals surface area (Å²) in [7, 11) is 0. The van der Waals surface area contributed by atoms with Gasteiger partial charge < -0.3 is 24.8 Å². The fourth-order valence-corrected chi connectivity index (χ4v) is 3.42. The molecule has 0 aromatic heterocycles. The van der Waals surface area contributed by atoms with E-state index in [9.17, 15) is 19.2 Å². The highest BCUT2D eigenvalue weighted by atomic mass is 16.6. The number of hydrogen-bond donors (Lipinski definition) is 2. The molecule has 0 heterocycles. The van der Waals surface area contributed by atoms with Gasteiger partial charge in [0.25, 0.3) is 0 Å². The van der Waals surface area contributed by atoms with E-state index in [1.807, 2.05) is 30.3 Å². The maximum Gasteiger partial charge on any atom is 0.408 e. The van der Waals surface area contributed by atoms with Gasteiger partial charge in [0.15, 0.2) is 11.9 Å². The molecule has 0 spiro atoms. The van der Waals surface area contributed by atoms with Crippen molar-refractivity contribution in [2.75, 3.05) is 6.54 Å². The quantitative estimate of drug-likeness (QED) is 0.238. The van der Waals surface area contributed by atoms with Crippen LogP contribution in [0.15, 0.2) is 60.7 Å². The summed E-state index contributed by atoms with van der Waals surface area (Å²) in [6.07, 6.45) is -1.08. The predicted molar refractivity (Wildman–Crippen MR) is 138 cm³/mol. The van der Waals surface area contributed by atoms with Crippen LogP contribution in [0.2, 0.25) is 0 Å². The van der Waals surface area contributed by atoms with Gasteiger partial charge in [-0.1, -0.05) is 48.5 Å². The average Bonchev–Trinajstić information content (AvgIpc) is 2.85. The number of ketones is 1. The monoisotopic (exact) mass is 512 g/mol. The molecule has 2 amide bonds. The molecule has 0 aliphatic rings. The number of amides is 2. The Labute approximate surface area is 217 Å². The van der Waals surface area contributed by atoms with Crippen molar-refractivity contribution < 1.29 is 33.4 Å². The Morgan fingerprint density at radius 3 is 2.08 bits per heavy atom. The van der Waals surface area contributed by atoms with Crippen LogP contribution in [0, 0.1) is 0 Å². The second kappa shape index (κ2) is 14.6. The Morgan fingerprint density at radius 2 is 1.49 bits per heavy atom. The predicted octanol–water partition coefficient (Wildman–Crippen LogP) is 4.79. The zero-order chi connectivity index (χ0) is 27.3. The van der Waals surface area contributed by atoms with Crippen LogP contribution in [0.4, 0.5) is 9.59 Å². The van der Waals surface area contributed by atoms with Crippen molar-refractivity contribution in [3.8, 4) is 0 Å². The maximum absolute atomic E-state index is 12.6. The van der Waals surface area contributed by atoms with Gasteiger partial charge in [0.05, 0.1) is 11.6 Å². The fourth-order valence-electron chi connectivity index (χ4n) is 3.42. The molecule has 0 saturated carbocycles. The molecule has 2 aromatic rings. The zero-order valence-electron chi connectivity index (χ0n) is 21.8. The van der Waals surface area contributed by atoms with Crippen LogP contribution in [-0.4, -0.2) is 48.2 Å². The lowest BCUT2D eigenvalue weighted by atomic mass is 10.0. The van der Waals surface area contributed by atoms with Crippen LogP contribution < -0.4 is 10.6 Å². The van der Waals surface area contributed by atoms with Crippen molar-refractivity contribution in [3.05, 3.63) is 71.8 Å². The Bertz CT molecular complexity index is 1020. The molecule has 200 valence electrons.